The highest BCUT2D eigenvalue weighted by Gasteiger charge is 2.11. The molecule has 0 radical (unpaired) electrons. The van der Waals surface area contributed by atoms with E-state index in [9.17, 15) is 0 Å². The molecule has 16 heavy (non-hydrogen) atoms. The Kier molecular flexibility index (Phi) is 13.2. The Bertz CT molecular complexity index is 98.8. The molecule has 0 atom stereocenters. The lowest BCUT2D eigenvalue weighted by molar-refractivity contribution is 0.726. The second-order valence-corrected chi connectivity index (χ2v) is 5.35. The second kappa shape index (κ2) is 13.1. The first-order valence-corrected chi connectivity index (χ1v) is 7.85. The molecular formula is C15H33B. The molecule has 0 heterocycles. The monoisotopic (exact) mass is 224 g/mol. The zero-order chi connectivity index (χ0) is 12.1. The van der Waals surface area contributed by atoms with E-state index in [1.54, 1.807) is 0 Å². The van der Waals surface area contributed by atoms with Crippen molar-refractivity contribution in [2.45, 2.75) is 97.5 Å². The van der Waals surface area contributed by atoms with Crippen molar-refractivity contribution in [3.8, 4) is 0 Å². The van der Waals surface area contributed by atoms with Gasteiger partial charge in [-0.3, -0.25) is 0 Å². The molecule has 0 aromatic rings. The Balaban J connectivity index is 3.58. The van der Waals surface area contributed by atoms with Gasteiger partial charge in [0.25, 0.3) is 0 Å². The Hall–Kier alpha value is 0.0649. The van der Waals surface area contributed by atoms with Crippen LogP contribution in [0.15, 0.2) is 0 Å². The van der Waals surface area contributed by atoms with Gasteiger partial charge in [-0.1, -0.05) is 97.5 Å². The molecular weight excluding hydrogens is 191 g/mol. The number of hydrogen-bond donors (Lipinski definition) is 0. The van der Waals surface area contributed by atoms with Crippen LogP contribution in [0, 0.1) is 0 Å². The van der Waals surface area contributed by atoms with Crippen molar-refractivity contribution in [1.82, 2.24) is 0 Å². The van der Waals surface area contributed by atoms with Crippen molar-refractivity contribution in [2.75, 3.05) is 0 Å². The highest BCUT2D eigenvalue weighted by molar-refractivity contribution is 6.58. The van der Waals surface area contributed by atoms with Gasteiger partial charge in [-0.2, -0.15) is 0 Å². The van der Waals surface area contributed by atoms with E-state index in [0.29, 0.717) is 0 Å². The van der Waals surface area contributed by atoms with Crippen LogP contribution in [0.1, 0.15) is 78.6 Å². The molecule has 0 saturated heterocycles. The molecule has 0 bridgehead atoms. The number of rotatable bonds is 12. The Morgan fingerprint density at radius 2 is 0.812 bits per heavy atom. The minimum atomic E-state index is 1.05. The molecule has 0 aliphatic carbocycles. The van der Waals surface area contributed by atoms with Crippen molar-refractivity contribution in [3.05, 3.63) is 0 Å². The van der Waals surface area contributed by atoms with Gasteiger partial charge in [-0.15, -0.1) is 0 Å². The third-order valence-corrected chi connectivity index (χ3v) is 3.65. The van der Waals surface area contributed by atoms with Gasteiger partial charge < -0.3 is 0 Å². The maximum absolute atomic E-state index is 2.31. The van der Waals surface area contributed by atoms with Crippen LogP contribution in [0.4, 0.5) is 0 Å². The summed E-state index contributed by atoms with van der Waals surface area (Å²) >= 11 is 0. The molecule has 0 aliphatic heterocycles. The van der Waals surface area contributed by atoms with Crippen molar-refractivity contribution < 1.29 is 0 Å². The summed E-state index contributed by atoms with van der Waals surface area (Å²) in [5.41, 5.74) is 0. The number of unbranched alkanes of at least 4 members (excludes halogenated alkanes) is 6. The van der Waals surface area contributed by atoms with E-state index in [1.807, 2.05) is 0 Å². The van der Waals surface area contributed by atoms with E-state index >= 15 is 0 Å². The van der Waals surface area contributed by atoms with Gasteiger partial charge >= 0.3 is 0 Å². The molecule has 0 unspecified atom stereocenters. The second-order valence-electron chi connectivity index (χ2n) is 5.35. The lowest BCUT2D eigenvalue weighted by Gasteiger charge is -2.13. The van der Waals surface area contributed by atoms with E-state index in [1.165, 1.54) is 76.7 Å². The molecule has 0 spiro atoms. The average Bonchev–Trinajstić information content (AvgIpc) is 2.29. The van der Waals surface area contributed by atoms with Crippen molar-refractivity contribution >= 4 is 6.71 Å². The summed E-state index contributed by atoms with van der Waals surface area (Å²) in [7, 11) is 0. The van der Waals surface area contributed by atoms with Gasteiger partial charge in [0.05, 0.1) is 0 Å². The first-order chi connectivity index (χ1) is 7.85. The molecule has 0 fully saturated rings. The predicted molar refractivity (Wildman–Crippen MR) is 78.8 cm³/mol. The first kappa shape index (κ1) is 16.1. The summed E-state index contributed by atoms with van der Waals surface area (Å²) < 4.78 is 0. The van der Waals surface area contributed by atoms with E-state index < -0.39 is 0 Å². The van der Waals surface area contributed by atoms with Crippen LogP contribution in [-0.4, -0.2) is 6.71 Å². The maximum Gasteiger partial charge on any atom is 0.139 e. The minimum Gasteiger partial charge on any atom is -0.0741 e. The Morgan fingerprint density at radius 1 is 0.500 bits per heavy atom. The molecule has 0 aromatic carbocycles. The van der Waals surface area contributed by atoms with E-state index in [4.69, 9.17) is 0 Å². The molecule has 0 amide bonds. The maximum atomic E-state index is 2.31. The molecule has 0 aromatic heterocycles. The third kappa shape index (κ3) is 10.6. The first-order valence-electron chi connectivity index (χ1n) is 7.85. The van der Waals surface area contributed by atoms with Crippen LogP contribution in [0.5, 0.6) is 0 Å². The lowest BCUT2D eigenvalue weighted by Crippen LogP contribution is -2.11. The molecule has 1 heteroatoms. The van der Waals surface area contributed by atoms with Crippen LogP contribution < -0.4 is 0 Å². The van der Waals surface area contributed by atoms with Gasteiger partial charge in [0.1, 0.15) is 6.71 Å². The number of hydrogen-bond acceptors (Lipinski definition) is 0. The lowest BCUT2D eigenvalue weighted by atomic mass is 9.41. The van der Waals surface area contributed by atoms with Gasteiger partial charge in [0.2, 0.25) is 0 Å². The van der Waals surface area contributed by atoms with Crippen molar-refractivity contribution in [3.63, 3.8) is 0 Å². The predicted octanol–water partition coefficient (Wildman–Crippen LogP) is 6.05. The molecule has 0 rings (SSSR count). The third-order valence-electron chi connectivity index (χ3n) is 3.65. The fourth-order valence-corrected chi connectivity index (χ4v) is 2.48. The molecule has 0 nitrogen and oxygen atoms in total. The highest BCUT2D eigenvalue weighted by Crippen LogP contribution is 2.18. The van der Waals surface area contributed by atoms with Crippen LogP contribution in [0.3, 0.4) is 0 Å². The summed E-state index contributed by atoms with van der Waals surface area (Å²) in [6.07, 6.45) is 17.4. The normalized spacial score (nSPS) is 10.7. The fraction of sp³-hybridized carbons (Fsp3) is 1.00. The minimum absolute atomic E-state index is 1.05. The van der Waals surface area contributed by atoms with Crippen LogP contribution in [0.2, 0.25) is 19.0 Å². The van der Waals surface area contributed by atoms with E-state index in [0.717, 1.165) is 6.71 Å². The Morgan fingerprint density at radius 3 is 1.06 bits per heavy atom. The summed E-state index contributed by atoms with van der Waals surface area (Å²) in [6, 6.07) is 0. The van der Waals surface area contributed by atoms with Gasteiger partial charge in [0.15, 0.2) is 0 Å². The summed E-state index contributed by atoms with van der Waals surface area (Å²) in [5, 5.41) is 0. The summed E-state index contributed by atoms with van der Waals surface area (Å²) in [5.74, 6) is 0. The van der Waals surface area contributed by atoms with Gasteiger partial charge in [0, 0.05) is 0 Å². The zero-order valence-electron chi connectivity index (χ0n) is 12.1. The highest BCUT2D eigenvalue weighted by atomic mass is 13.9. The zero-order valence-corrected chi connectivity index (χ0v) is 12.1. The van der Waals surface area contributed by atoms with Crippen molar-refractivity contribution in [1.29, 1.82) is 0 Å². The molecule has 0 N–H and O–H groups in total. The van der Waals surface area contributed by atoms with Crippen molar-refractivity contribution in [2.24, 2.45) is 0 Å². The molecule has 0 saturated carbocycles. The quantitative estimate of drug-likeness (QED) is 0.279. The Labute approximate surface area is 105 Å². The van der Waals surface area contributed by atoms with E-state index in [-0.39, 0.29) is 0 Å². The van der Waals surface area contributed by atoms with Gasteiger partial charge in [-0.25, -0.2) is 0 Å². The fourth-order valence-electron chi connectivity index (χ4n) is 2.48. The van der Waals surface area contributed by atoms with E-state index in [2.05, 4.69) is 20.8 Å². The molecule has 96 valence electrons. The average molecular weight is 224 g/mol. The topological polar surface area (TPSA) is 0 Å². The van der Waals surface area contributed by atoms with Crippen LogP contribution >= 0.6 is 0 Å². The summed E-state index contributed by atoms with van der Waals surface area (Å²) in [6.45, 7) is 7.97. The molecule has 0 aliphatic rings. The largest absolute Gasteiger partial charge is 0.139 e. The van der Waals surface area contributed by atoms with Gasteiger partial charge in [-0.05, 0) is 0 Å². The van der Waals surface area contributed by atoms with Crippen LogP contribution in [0.25, 0.3) is 0 Å². The summed E-state index contributed by atoms with van der Waals surface area (Å²) in [4.78, 5) is 0. The van der Waals surface area contributed by atoms with Crippen LogP contribution in [-0.2, 0) is 0 Å². The SMILES string of the molecule is CCCCCB(CCCCC)CCCCC. The smallest absolute Gasteiger partial charge is 0.0741 e. The standard InChI is InChI=1S/C15H33B/c1-4-7-10-13-16(14-11-8-5-2)15-12-9-6-3/h4-15H2,1-3H3.